The Morgan fingerprint density at radius 2 is 2.06 bits per heavy atom. The molecule has 2 aromatic rings. The number of hydrogen-bond donors (Lipinski definition) is 3. The second-order valence-corrected chi connectivity index (χ2v) is 10.6. The second kappa shape index (κ2) is 10.3. The molecule has 4 N–H and O–H groups in total. The van der Waals surface area contributed by atoms with Gasteiger partial charge < -0.3 is 20.3 Å². The molecule has 12 heteroatoms. The van der Waals surface area contributed by atoms with E-state index >= 15 is 0 Å². The standard InChI is InChI=1S/C21H31N7O4S/c1-21(2,3)32-20(29)23-12-17-9-4-5-10-28(17)19-25-14-24-18(27-19)26-16-8-6-7-15(11-16)13-33(22,30)31/h6-8,11,14,17H,4-5,9-10,12-13H2,1-3H3,(H,23,29)(H2,22,30,31)(H,24,25,26,27). The van der Waals surface area contributed by atoms with Crippen LogP contribution in [-0.4, -0.2) is 54.2 Å². The van der Waals surface area contributed by atoms with E-state index in [1.54, 1.807) is 24.3 Å². The average Bonchev–Trinajstić information content (AvgIpc) is 2.70. The molecular formula is C21H31N7O4S. The Hall–Kier alpha value is -2.99. The first kappa shape index (κ1) is 24.6. The number of carbonyl (C=O) groups excluding carboxylic acids is 1. The number of nitrogens with two attached hydrogens (primary N) is 1. The zero-order valence-corrected chi connectivity index (χ0v) is 19.9. The molecule has 1 atom stereocenters. The maximum absolute atomic E-state index is 12.1. The summed E-state index contributed by atoms with van der Waals surface area (Å²) in [4.78, 5) is 27.2. The summed E-state index contributed by atoms with van der Waals surface area (Å²) in [5.41, 5.74) is 0.632. The second-order valence-electron chi connectivity index (χ2n) is 8.97. The van der Waals surface area contributed by atoms with Crippen molar-refractivity contribution in [1.29, 1.82) is 0 Å². The number of rotatable bonds is 7. The topological polar surface area (TPSA) is 152 Å². The van der Waals surface area contributed by atoms with E-state index in [0.29, 0.717) is 29.7 Å². The highest BCUT2D eigenvalue weighted by Gasteiger charge is 2.26. The third-order valence-corrected chi connectivity index (χ3v) is 5.61. The molecule has 1 saturated heterocycles. The molecule has 1 aliphatic heterocycles. The Bertz CT molecular complexity index is 1070. The summed E-state index contributed by atoms with van der Waals surface area (Å²) in [6.07, 6.45) is 3.90. The van der Waals surface area contributed by atoms with Gasteiger partial charge in [0.1, 0.15) is 11.9 Å². The van der Waals surface area contributed by atoms with E-state index in [9.17, 15) is 13.2 Å². The summed E-state index contributed by atoms with van der Waals surface area (Å²) < 4.78 is 28.1. The first-order valence-corrected chi connectivity index (χ1v) is 12.5. The maximum atomic E-state index is 12.1. The predicted octanol–water partition coefficient (Wildman–Crippen LogP) is 2.29. The van der Waals surface area contributed by atoms with Crippen molar-refractivity contribution < 1.29 is 17.9 Å². The molecule has 1 aromatic heterocycles. The molecule has 1 unspecified atom stereocenters. The Morgan fingerprint density at radius 1 is 1.27 bits per heavy atom. The minimum atomic E-state index is -3.63. The van der Waals surface area contributed by atoms with Gasteiger partial charge >= 0.3 is 6.09 Å². The van der Waals surface area contributed by atoms with Gasteiger partial charge in [-0.25, -0.2) is 28.3 Å². The fraction of sp³-hybridized carbons (Fsp3) is 0.524. The van der Waals surface area contributed by atoms with Gasteiger partial charge in [-0.2, -0.15) is 4.98 Å². The van der Waals surface area contributed by atoms with Crippen LogP contribution in [0.3, 0.4) is 0 Å². The van der Waals surface area contributed by atoms with Crippen molar-refractivity contribution in [2.24, 2.45) is 5.14 Å². The van der Waals surface area contributed by atoms with E-state index in [-0.39, 0.29) is 11.8 Å². The number of sulfonamides is 1. The average molecular weight is 478 g/mol. The number of hydrogen-bond acceptors (Lipinski definition) is 9. The Morgan fingerprint density at radius 3 is 2.79 bits per heavy atom. The van der Waals surface area contributed by atoms with Crippen molar-refractivity contribution in [1.82, 2.24) is 20.3 Å². The number of benzene rings is 1. The number of ether oxygens (including phenoxy) is 1. The number of anilines is 3. The van der Waals surface area contributed by atoms with Crippen LogP contribution in [0.15, 0.2) is 30.6 Å². The number of nitrogens with one attached hydrogen (secondary N) is 2. The molecule has 1 aliphatic rings. The molecule has 0 aliphatic carbocycles. The number of carbonyl (C=O) groups is 1. The van der Waals surface area contributed by atoms with Gasteiger partial charge in [0.05, 0.1) is 5.75 Å². The predicted molar refractivity (Wildman–Crippen MR) is 126 cm³/mol. The van der Waals surface area contributed by atoms with Gasteiger partial charge in [-0.05, 0) is 57.7 Å². The zero-order valence-electron chi connectivity index (χ0n) is 19.1. The Kier molecular flexibility index (Phi) is 7.69. The Balaban J connectivity index is 1.69. The zero-order chi connectivity index (χ0) is 24.1. The van der Waals surface area contributed by atoms with Crippen molar-refractivity contribution in [3.05, 3.63) is 36.2 Å². The van der Waals surface area contributed by atoms with E-state index in [4.69, 9.17) is 9.88 Å². The van der Waals surface area contributed by atoms with Gasteiger partial charge in [0, 0.05) is 24.8 Å². The van der Waals surface area contributed by atoms with Gasteiger partial charge in [-0.3, -0.25) is 0 Å². The smallest absolute Gasteiger partial charge is 0.407 e. The lowest BCUT2D eigenvalue weighted by Gasteiger charge is -2.36. The minimum absolute atomic E-state index is 0.0274. The van der Waals surface area contributed by atoms with Crippen molar-refractivity contribution in [2.75, 3.05) is 23.3 Å². The van der Waals surface area contributed by atoms with E-state index in [0.717, 1.165) is 25.8 Å². The lowest BCUT2D eigenvalue weighted by Crippen LogP contribution is -2.48. The maximum Gasteiger partial charge on any atom is 0.407 e. The third-order valence-electron chi connectivity index (χ3n) is 4.88. The Labute approximate surface area is 194 Å². The lowest BCUT2D eigenvalue weighted by molar-refractivity contribution is 0.0522. The van der Waals surface area contributed by atoms with Crippen LogP contribution in [0.2, 0.25) is 0 Å². The molecule has 3 rings (SSSR count). The summed E-state index contributed by atoms with van der Waals surface area (Å²) in [7, 11) is -3.63. The summed E-state index contributed by atoms with van der Waals surface area (Å²) in [6, 6.07) is 6.91. The van der Waals surface area contributed by atoms with Crippen molar-refractivity contribution in [3.63, 3.8) is 0 Å². The number of nitrogens with zero attached hydrogens (tertiary/aromatic N) is 4. The number of aromatic nitrogens is 3. The van der Waals surface area contributed by atoms with Crippen LogP contribution in [0.25, 0.3) is 0 Å². The molecule has 180 valence electrons. The summed E-state index contributed by atoms with van der Waals surface area (Å²) in [5, 5.41) is 11.1. The molecule has 0 bridgehead atoms. The van der Waals surface area contributed by atoms with E-state index in [1.807, 2.05) is 20.8 Å². The number of primary sulfonamides is 1. The summed E-state index contributed by atoms with van der Waals surface area (Å²) in [5.74, 6) is 0.575. The van der Waals surface area contributed by atoms with Crippen molar-refractivity contribution >= 4 is 33.7 Å². The molecular weight excluding hydrogens is 446 g/mol. The number of alkyl carbamates (subject to hydrolysis) is 1. The molecule has 2 heterocycles. The van der Waals surface area contributed by atoms with E-state index < -0.39 is 21.7 Å². The van der Waals surface area contributed by atoms with Gasteiger partial charge in [-0.1, -0.05) is 12.1 Å². The molecule has 33 heavy (non-hydrogen) atoms. The van der Waals surface area contributed by atoms with Gasteiger partial charge in [0.25, 0.3) is 0 Å². The molecule has 1 fully saturated rings. The molecule has 11 nitrogen and oxygen atoms in total. The lowest BCUT2D eigenvalue weighted by atomic mass is 10.0. The number of amides is 1. The van der Waals surface area contributed by atoms with Crippen LogP contribution in [0.5, 0.6) is 0 Å². The summed E-state index contributed by atoms with van der Waals surface area (Å²) >= 11 is 0. The SMILES string of the molecule is CC(C)(C)OC(=O)NCC1CCCCN1c1ncnc(Nc2cccc(CS(N)(=O)=O)c2)n1. The fourth-order valence-electron chi connectivity index (χ4n) is 3.58. The fourth-order valence-corrected chi connectivity index (χ4v) is 4.22. The quantitative estimate of drug-likeness (QED) is 0.545. The van der Waals surface area contributed by atoms with Gasteiger partial charge in [-0.15, -0.1) is 0 Å². The number of piperidine rings is 1. The molecule has 1 amide bonds. The first-order valence-electron chi connectivity index (χ1n) is 10.8. The monoisotopic (exact) mass is 477 g/mol. The van der Waals surface area contributed by atoms with Crippen LogP contribution in [0, 0.1) is 0 Å². The van der Waals surface area contributed by atoms with Crippen LogP contribution in [-0.2, 0) is 20.5 Å². The molecule has 0 saturated carbocycles. The van der Waals surface area contributed by atoms with Crippen molar-refractivity contribution in [2.45, 2.75) is 57.4 Å². The van der Waals surface area contributed by atoms with E-state index in [1.165, 1.54) is 6.33 Å². The summed E-state index contributed by atoms with van der Waals surface area (Å²) in [6.45, 7) is 6.64. The highest BCUT2D eigenvalue weighted by Crippen LogP contribution is 2.23. The molecule has 0 radical (unpaired) electrons. The van der Waals surface area contributed by atoms with Crippen LogP contribution >= 0.6 is 0 Å². The third kappa shape index (κ3) is 8.13. The largest absolute Gasteiger partial charge is 0.444 e. The normalized spacial score (nSPS) is 16.8. The van der Waals surface area contributed by atoms with Crippen LogP contribution in [0.1, 0.15) is 45.6 Å². The minimum Gasteiger partial charge on any atom is -0.444 e. The highest BCUT2D eigenvalue weighted by atomic mass is 32.2. The highest BCUT2D eigenvalue weighted by molar-refractivity contribution is 7.88. The molecule has 0 spiro atoms. The van der Waals surface area contributed by atoms with Gasteiger partial charge in [0.2, 0.25) is 21.9 Å². The van der Waals surface area contributed by atoms with Crippen LogP contribution < -0.4 is 20.7 Å². The van der Waals surface area contributed by atoms with Gasteiger partial charge in [0.15, 0.2) is 0 Å². The van der Waals surface area contributed by atoms with E-state index in [2.05, 4.69) is 30.5 Å². The molecule has 1 aromatic carbocycles. The van der Waals surface area contributed by atoms with Crippen molar-refractivity contribution in [3.8, 4) is 0 Å². The first-order chi connectivity index (χ1) is 15.5. The van der Waals surface area contributed by atoms with Crippen LogP contribution in [0.4, 0.5) is 22.4 Å².